The predicted octanol–water partition coefficient (Wildman–Crippen LogP) is 3.84. The van der Waals surface area contributed by atoms with Gasteiger partial charge < -0.3 is 10.6 Å². The lowest BCUT2D eigenvalue weighted by atomic mass is 10.0. The van der Waals surface area contributed by atoms with Crippen LogP contribution in [-0.4, -0.2) is 24.0 Å². The lowest BCUT2D eigenvalue weighted by molar-refractivity contribution is -0.115. The van der Waals surface area contributed by atoms with Crippen LogP contribution in [0, 0.1) is 12.8 Å². The number of rotatable bonds is 6. The van der Waals surface area contributed by atoms with Gasteiger partial charge in [-0.3, -0.25) is 9.78 Å². The fourth-order valence-electron chi connectivity index (χ4n) is 2.39. The molecule has 0 radical (unpaired) electrons. The Morgan fingerprint density at radius 3 is 2.50 bits per heavy atom. The molecule has 2 aromatic rings. The molecule has 0 spiro atoms. The van der Waals surface area contributed by atoms with Crippen molar-refractivity contribution >= 4 is 36.4 Å². The molecule has 6 heteroatoms. The summed E-state index contributed by atoms with van der Waals surface area (Å²) in [6.45, 7) is 3.32. The number of hydrogen-bond acceptors (Lipinski definition) is 3. The van der Waals surface area contributed by atoms with E-state index >= 15 is 0 Å². The number of carbonyl (C=O) groups is 1. The summed E-state index contributed by atoms with van der Waals surface area (Å²) in [7, 11) is 0. The first-order valence-corrected chi connectivity index (χ1v) is 7.74. The summed E-state index contributed by atoms with van der Waals surface area (Å²) in [6.07, 6.45) is 6.13. The largest absolute Gasteiger partial charge is 0.325 e. The van der Waals surface area contributed by atoms with E-state index in [0.717, 1.165) is 34.8 Å². The highest BCUT2D eigenvalue weighted by molar-refractivity contribution is 5.93. The lowest BCUT2D eigenvalue weighted by Crippen LogP contribution is -2.29. The molecule has 0 saturated heterocycles. The SMILES string of the molecule is Cc1ccc(-c2ccncc2)cc1NC(=O)CNCC1CC1.Cl.Cl. The quantitative estimate of drug-likeness (QED) is 0.815. The topological polar surface area (TPSA) is 54.0 Å². The first-order chi connectivity index (χ1) is 10.7. The number of halogens is 2. The number of nitrogens with one attached hydrogen (secondary N) is 2. The van der Waals surface area contributed by atoms with Crippen LogP contribution in [-0.2, 0) is 4.79 Å². The first kappa shape index (κ1) is 20.4. The summed E-state index contributed by atoms with van der Waals surface area (Å²) in [5.74, 6) is 0.792. The van der Waals surface area contributed by atoms with Crippen molar-refractivity contribution in [2.45, 2.75) is 19.8 Å². The molecule has 1 aromatic heterocycles. The van der Waals surface area contributed by atoms with Gasteiger partial charge in [0.25, 0.3) is 0 Å². The summed E-state index contributed by atoms with van der Waals surface area (Å²) in [4.78, 5) is 16.1. The monoisotopic (exact) mass is 367 g/mol. The molecule has 0 atom stereocenters. The Morgan fingerprint density at radius 2 is 1.83 bits per heavy atom. The van der Waals surface area contributed by atoms with Gasteiger partial charge in [0.05, 0.1) is 6.54 Å². The molecule has 1 aromatic carbocycles. The van der Waals surface area contributed by atoms with E-state index in [2.05, 4.69) is 21.7 Å². The Hall–Kier alpha value is -1.62. The molecule has 1 heterocycles. The number of aromatic nitrogens is 1. The van der Waals surface area contributed by atoms with E-state index in [9.17, 15) is 4.79 Å². The van der Waals surface area contributed by atoms with Gasteiger partial charge in [0, 0.05) is 18.1 Å². The molecular formula is C18H23Cl2N3O. The normalized spacial score (nSPS) is 12.7. The zero-order valence-electron chi connectivity index (χ0n) is 13.6. The van der Waals surface area contributed by atoms with Crippen LogP contribution in [0.4, 0.5) is 5.69 Å². The molecule has 1 aliphatic rings. The molecular weight excluding hydrogens is 345 g/mol. The molecule has 4 nitrogen and oxygen atoms in total. The molecule has 0 bridgehead atoms. The summed E-state index contributed by atoms with van der Waals surface area (Å²) in [5, 5.41) is 6.21. The third kappa shape index (κ3) is 5.78. The van der Waals surface area contributed by atoms with Crippen molar-refractivity contribution in [3.63, 3.8) is 0 Å². The molecule has 24 heavy (non-hydrogen) atoms. The van der Waals surface area contributed by atoms with Gasteiger partial charge in [-0.1, -0.05) is 12.1 Å². The second-order valence-corrected chi connectivity index (χ2v) is 5.89. The van der Waals surface area contributed by atoms with E-state index in [0.29, 0.717) is 6.54 Å². The third-order valence-corrected chi connectivity index (χ3v) is 3.94. The summed E-state index contributed by atoms with van der Waals surface area (Å²) in [6, 6.07) is 10.0. The first-order valence-electron chi connectivity index (χ1n) is 7.74. The fourth-order valence-corrected chi connectivity index (χ4v) is 2.39. The molecule has 2 N–H and O–H groups in total. The number of benzene rings is 1. The van der Waals surface area contributed by atoms with E-state index < -0.39 is 0 Å². The van der Waals surface area contributed by atoms with Crippen LogP contribution in [0.2, 0.25) is 0 Å². The number of carbonyl (C=O) groups excluding carboxylic acids is 1. The van der Waals surface area contributed by atoms with Gasteiger partial charge in [-0.05, 0) is 67.1 Å². The van der Waals surface area contributed by atoms with E-state index in [1.54, 1.807) is 12.4 Å². The summed E-state index contributed by atoms with van der Waals surface area (Å²) in [5.41, 5.74) is 4.10. The minimum atomic E-state index is 0. The van der Waals surface area contributed by atoms with Crippen molar-refractivity contribution in [3.8, 4) is 11.1 Å². The average molecular weight is 368 g/mol. The zero-order valence-corrected chi connectivity index (χ0v) is 15.3. The van der Waals surface area contributed by atoms with Crippen LogP contribution < -0.4 is 10.6 Å². The zero-order chi connectivity index (χ0) is 15.4. The van der Waals surface area contributed by atoms with Gasteiger partial charge in [0.1, 0.15) is 0 Å². The number of aryl methyl sites for hydroxylation is 1. The molecule has 0 aliphatic heterocycles. The number of pyridine rings is 1. The molecule has 1 saturated carbocycles. The van der Waals surface area contributed by atoms with Crippen LogP contribution >= 0.6 is 24.8 Å². The van der Waals surface area contributed by atoms with Gasteiger partial charge in [-0.25, -0.2) is 0 Å². The Balaban J connectivity index is 0.00000144. The van der Waals surface area contributed by atoms with E-state index in [1.807, 2.05) is 31.2 Å². The fraction of sp³-hybridized carbons (Fsp3) is 0.333. The van der Waals surface area contributed by atoms with Crippen molar-refractivity contribution in [1.29, 1.82) is 0 Å². The minimum Gasteiger partial charge on any atom is -0.325 e. The molecule has 1 fully saturated rings. The highest BCUT2D eigenvalue weighted by Gasteiger charge is 2.20. The Morgan fingerprint density at radius 1 is 1.12 bits per heavy atom. The van der Waals surface area contributed by atoms with Crippen molar-refractivity contribution in [3.05, 3.63) is 48.3 Å². The van der Waals surface area contributed by atoms with E-state index in [1.165, 1.54) is 12.8 Å². The highest BCUT2D eigenvalue weighted by atomic mass is 35.5. The van der Waals surface area contributed by atoms with Crippen LogP contribution in [0.3, 0.4) is 0 Å². The maximum absolute atomic E-state index is 12.0. The van der Waals surface area contributed by atoms with Gasteiger partial charge in [0.15, 0.2) is 0 Å². The van der Waals surface area contributed by atoms with Gasteiger partial charge in [0.2, 0.25) is 5.91 Å². The smallest absolute Gasteiger partial charge is 0.238 e. The van der Waals surface area contributed by atoms with Crippen molar-refractivity contribution in [2.75, 3.05) is 18.4 Å². The Bertz CT molecular complexity index is 661. The minimum absolute atomic E-state index is 0. The molecule has 0 unspecified atom stereocenters. The predicted molar refractivity (Wildman–Crippen MR) is 103 cm³/mol. The molecule has 3 rings (SSSR count). The summed E-state index contributed by atoms with van der Waals surface area (Å²) < 4.78 is 0. The standard InChI is InChI=1S/C18H21N3O.2ClH/c1-13-2-5-16(15-6-8-19-9-7-15)10-17(13)21-18(22)12-20-11-14-3-4-14;;/h2,5-10,14,20H,3-4,11-12H2,1H3,(H,21,22);2*1H. The van der Waals surface area contributed by atoms with Crippen molar-refractivity contribution in [2.24, 2.45) is 5.92 Å². The second kappa shape index (κ2) is 9.62. The van der Waals surface area contributed by atoms with Gasteiger partial charge in [-0.15, -0.1) is 24.8 Å². The number of amides is 1. The number of anilines is 1. The maximum atomic E-state index is 12.0. The van der Waals surface area contributed by atoms with Crippen molar-refractivity contribution in [1.82, 2.24) is 10.3 Å². The molecule has 1 aliphatic carbocycles. The van der Waals surface area contributed by atoms with Gasteiger partial charge >= 0.3 is 0 Å². The third-order valence-electron chi connectivity index (χ3n) is 3.94. The highest BCUT2D eigenvalue weighted by Crippen LogP contribution is 2.27. The van der Waals surface area contributed by atoms with Crippen LogP contribution in [0.25, 0.3) is 11.1 Å². The molecule has 1 amide bonds. The number of nitrogens with zero attached hydrogens (tertiary/aromatic N) is 1. The lowest BCUT2D eigenvalue weighted by Gasteiger charge is -2.11. The Labute approximate surface area is 155 Å². The van der Waals surface area contributed by atoms with E-state index in [4.69, 9.17) is 0 Å². The average Bonchev–Trinajstić information content (AvgIpc) is 3.35. The van der Waals surface area contributed by atoms with Crippen LogP contribution in [0.15, 0.2) is 42.7 Å². The second-order valence-electron chi connectivity index (χ2n) is 5.89. The number of hydrogen-bond donors (Lipinski definition) is 2. The van der Waals surface area contributed by atoms with E-state index in [-0.39, 0.29) is 30.7 Å². The maximum Gasteiger partial charge on any atom is 0.238 e. The molecule has 130 valence electrons. The summed E-state index contributed by atoms with van der Waals surface area (Å²) >= 11 is 0. The van der Waals surface area contributed by atoms with Gasteiger partial charge in [-0.2, -0.15) is 0 Å². The Kier molecular flexibility index (Phi) is 8.19. The van der Waals surface area contributed by atoms with Crippen LogP contribution in [0.5, 0.6) is 0 Å². The van der Waals surface area contributed by atoms with Crippen molar-refractivity contribution < 1.29 is 4.79 Å². The van der Waals surface area contributed by atoms with Crippen LogP contribution in [0.1, 0.15) is 18.4 Å².